The number of fused-ring (bicyclic) bond motifs is 1. The van der Waals surface area contributed by atoms with Crippen molar-refractivity contribution in [1.82, 2.24) is 10.2 Å². The first kappa shape index (κ1) is 20.9. The molecule has 1 aromatic heterocycles. The summed E-state index contributed by atoms with van der Waals surface area (Å²) < 4.78 is 5.40. The van der Waals surface area contributed by atoms with Gasteiger partial charge in [-0.3, -0.25) is 4.79 Å². The summed E-state index contributed by atoms with van der Waals surface area (Å²) >= 11 is 0. The molecule has 166 valence electrons. The summed E-state index contributed by atoms with van der Waals surface area (Å²) in [6.45, 7) is 1.97. The van der Waals surface area contributed by atoms with E-state index in [9.17, 15) is 4.79 Å². The maximum Gasteiger partial charge on any atom is 0.255 e. The number of aromatic nitrogens is 2. The number of piperidine rings is 1. The number of anilines is 2. The third-order valence-electron chi connectivity index (χ3n) is 6.10. The molecule has 0 saturated carbocycles. The average molecular weight is 439 g/mol. The van der Waals surface area contributed by atoms with Crippen LogP contribution in [0.2, 0.25) is 0 Å². The standard InChI is InChI=1S/C27H26N4O2/c1-33-27-22-13-7-6-12-21(22)25(29-30-27)20-14-15-24(31-16-8-3-9-17-31)23(18-20)28-26(32)19-10-4-2-5-11-19/h2,4-7,10-15,18H,3,8-9,16-17H2,1H3,(H,28,32). The molecule has 0 aliphatic carbocycles. The molecule has 0 atom stereocenters. The Bertz CT molecular complexity index is 1280. The van der Waals surface area contributed by atoms with Crippen molar-refractivity contribution in [3.05, 3.63) is 78.4 Å². The van der Waals surface area contributed by atoms with Gasteiger partial charge in [0.1, 0.15) is 5.69 Å². The number of nitrogens with one attached hydrogen (secondary N) is 1. The lowest BCUT2D eigenvalue weighted by Crippen LogP contribution is -2.30. The van der Waals surface area contributed by atoms with Crippen LogP contribution in [0, 0.1) is 0 Å². The van der Waals surface area contributed by atoms with E-state index in [1.807, 2.05) is 60.7 Å². The minimum atomic E-state index is -0.128. The van der Waals surface area contributed by atoms with Crippen molar-refractivity contribution in [1.29, 1.82) is 0 Å². The average Bonchev–Trinajstić information content (AvgIpc) is 2.89. The van der Waals surface area contributed by atoms with Crippen LogP contribution in [-0.2, 0) is 0 Å². The monoisotopic (exact) mass is 438 g/mol. The van der Waals surface area contributed by atoms with Crippen LogP contribution < -0.4 is 15.0 Å². The summed E-state index contributed by atoms with van der Waals surface area (Å²) in [7, 11) is 1.60. The predicted octanol–water partition coefficient (Wildman–Crippen LogP) is 5.55. The van der Waals surface area contributed by atoms with Gasteiger partial charge in [0, 0.05) is 35.0 Å². The number of hydrogen-bond acceptors (Lipinski definition) is 5. The van der Waals surface area contributed by atoms with Crippen molar-refractivity contribution in [3.63, 3.8) is 0 Å². The fraction of sp³-hybridized carbons (Fsp3) is 0.222. The van der Waals surface area contributed by atoms with Crippen molar-refractivity contribution < 1.29 is 9.53 Å². The van der Waals surface area contributed by atoms with Gasteiger partial charge in [-0.15, -0.1) is 10.2 Å². The minimum Gasteiger partial charge on any atom is -0.479 e. The van der Waals surface area contributed by atoms with Crippen LogP contribution in [0.1, 0.15) is 29.6 Å². The minimum absolute atomic E-state index is 0.128. The van der Waals surface area contributed by atoms with Crippen molar-refractivity contribution in [2.24, 2.45) is 0 Å². The van der Waals surface area contributed by atoms with Crippen LogP contribution in [-0.4, -0.2) is 36.3 Å². The van der Waals surface area contributed by atoms with Gasteiger partial charge in [-0.1, -0.05) is 42.5 Å². The Morgan fingerprint density at radius 3 is 2.36 bits per heavy atom. The van der Waals surface area contributed by atoms with E-state index in [1.54, 1.807) is 7.11 Å². The van der Waals surface area contributed by atoms with Crippen LogP contribution >= 0.6 is 0 Å². The first-order valence-electron chi connectivity index (χ1n) is 11.3. The summed E-state index contributed by atoms with van der Waals surface area (Å²) in [4.78, 5) is 15.4. The molecule has 3 aromatic carbocycles. The van der Waals surface area contributed by atoms with E-state index in [0.29, 0.717) is 11.4 Å². The normalized spacial score (nSPS) is 13.7. The predicted molar refractivity (Wildman–Crippen MR) is 132 cm³/mol. The van der Waals surface area contributed by atoms with Crippen molar-refractivity contribution >= 4 is 28.1 Å². The molecule has 4 aromatic rings. The molecule has 0 spiro atoms. The van der Waals surface area contributed by atoms with Gasteiger partial charge in [0.15, 0.2) is 0 Å². The van der Waals surface area contributed by atoms with Crippen LogP contribution in [0.4, 0.5) is 11.4 Å². The number of nitrogens with zero attached hydrogens (tertiary/aromatic N) is 3. The molecule has 1 fully saturated rings. The molecular weight excluding hydrogens is 412 g/mol. The van der Waals surface area contributed by atoms with E-state index < -0.39 is 0 Å². The molecule has 1 aliphatic rings. The maximum absolute atomic E-state index is 13.0. The van der Waals surface area contributed by atoms with Crippen molar-refractivity contribution in [3.8, 4) is 17.1 Å². The molecule has 1 amide bonds. The van der Waals surface area contributed by atoms with Gasteiger partial charge in [0.05, 0.1) is 18.5 Å². The summed E-state index contributed by atoms with van der Waals surface area (Å²) in [6, 6.07) is 23.4. The molecule has 6 nitrogen and oxygen atoms in total. The molecule has 33 heavy (non-hydrogen) atoms. The Balaban J connectivity index is 1.59. The Morgan fingerprint density at radius 2 is 1.61 bits per heavy atom. The number of benzene rings is 3. The van der Waals surface area contributed by atoms with E-state index >= 15 is 0 Å². The zero-order valence-corrected chi connectivity index (χ0v) is 18.6. The fourth-order valence-electron chi connectivity index (χ4n) is 4.42. The molecule has 1 saturated heterocycles. The van der Waals surface area contributed by atoms with E-state index in [-0.39, 0.29) is 5.91 Å². The highest BCUT2D eigenvalue weighted by molar-refractivity contribution is 6.07. The first-order chi connectivity index (χ1) is 16.2. The molecule has 6 heteroatoms. The number of methoxy groups -OCH3 is 1. The van der Waals surface area contributed by atoms with E-state index in [4.69, 9.17) is 4.74 Å². The SMILES string of the molecule is COc1nnc(-c2ccc(N3CCCCC3)c(NC(=O)c3ccccc3)c2)c2ccccc12. The Labute approximate surface area is 193 Å². The van der Waals surface area contributed by atoms with E-state index in [0.717, 1.165) is 59.3 Å². The number of carbonyl (C=O) groups excluding carboxylic acids is 1. The van der Waals surface area contributed by atoms with Gasteiger partial charge in [0.25, 0.3) is 5.91 Å². The number of amides is 1. The zero-order valence-electron chi connectivity index (χ0n) is 18.6. The van der Waals surface area contributed by atoms with Gasteiger partial charge in [0.2, 0.25) is 5.88 Å². The van der Waals surface area contributed by atoms with E-state index in [2.05, 4.69) is 32.5 Å². The third-order valence-corrected chi connectivity index (χ3v) is 6.10. The summed E-state index contributed by atoms with van der Waals surface area (Å²) in [5.41, 5.74) is 4.10. The highest BCUT2D eigenvalue weighted by atomic mass is 16.5. The smallest absolute Gasteiger partial charge is 0.255 e. The van der Waals surface area contributed by atoms with Crippen LogP contribution in [0.3, 0.4) is 0 Å². The van der Waals surface area contributed by atoms with Gasteiger partial charge < -0.3 is 15.0 Å². The molecule has 2 heterocycles. The Morgan fingerprint density at radius 1 is 0.879 bits per heavy atom. The van der Waals surface area contributed by atoms with Gasteiger partial charge in [-0.05, 0) is 49.6 Å². The van der Waals surface area contributed by atoms with E-state index in [1.165, 1.54) is 6.42 Å². The second-order valence-electron chi connectivity index (χ2n) is 8.20. The zero-order chi connectivity index (χ0) is 22.6. The highest BCUT2D eigenvalue weighted by Gasteiger charge is 2.19. The molecule has 0 bridgehead atoms. The number of ether oxygens (including phenoxy) is 1. The fourth-order valence-corrected chi connectivity index (χ4v) is 4.42. The lowest BCUT2D eigenvalue weighted by molar-refractivity contribution is 0.102. The molecule has 0 unspecified atom stereocenters. The molecule has 1 N–H and O–H groups in total. The van der Waals surface area contributed by atoms with Crippen molar-refractivity contribution in [2.45, 2.75) is 19.3 Å². The molecule has 0 radical (unpaired) electrons. The summed E-state index contributed by atoms with van der Waals surface area (Å²) in [5, 5.41) is 13.8. The lowest BCUT2D eigenvalue weighted by Gasteiger charge is -2.31. The quantitative estimate of drug-likeness (QED) is 0.443. The largest absolute Gasteiger partial charge is 0.479 e. The highest BCUT2D eigenvalue weighted by Crippen LogP contribution is 2.36. The van der Waals surface area contributed by atoms with Crippen LogP contribution in [0.15, 0.2) is 72.8 Å². The molecular formula is C27H26N4O2. The first-order valence-corrected chi connectivity index (χ1v) is 11.3. The summed E-state index contributed by atoms with van der Waals surface area (Å²) in [6.07, 6.45) is 3.55. The van der Waals surface area contributed by atoms with Gasteiger partial charge in [-0.25, -0.2) is 0 Å². The topological polar surface area (TPSA) is 67.4 Å². The van der Waals surface area contributed by atoms with Gasteiger partial charge >= 0.3 is 0 Å². The Kier molecular flexibility index (Phi) is 5.89. The molecule has 5 rings (SSSR count). The lowest BCUT2D eigenvalue weighted by atomic mass is 10.0. The second-order valence-corrected chi connectivity index (χ2v) is 8.20. The number of rotatable bonds is 5. The Hall–Kier alpha value is -3.93. The summed E-state index contributed by atoms with van der Waals surface area (Å²) in [5.74, 6) is 0.369. The molecule has 1 aliphatic heterocycles. The van der Waals surface area contributed by atoms with Gasteiger partial charge in [-0.2, -0.15) is 0 Å². The van der Waals surface area contributed by atoms with Crippen LogP contribution in [0.5, 0.6) is 5.88 Å². The maximum atomic E-state index is 13.0. The second kappa shape index (κ2) is 9.28. The van der Waals surface area contributed by atoms with Crippen LogP contribution in [0.25, 0.3) is 22.0 Å². The van der Waals surface area contributed by atoms with Crippen molar-refractivity contribution in [2.75, 3.05) is 30.4 Å². The third kappa shape index (κ3) is 4.24. The number of hydrogen-bond donors (Lipinski definition) is 1. The number of carbonyl (C=O) groups is 1.